The van der Waals surface area contributed by atoms with Gasteiger partial charge in [0.25, 0.3) is 0 Å². The normalized spacial score (nSPS) is 14.3. The highest BCUT2D eigenvalue weighted by molar-refractivity contribution is 5.23. The van der Waals surface area contributed by atoms with Gasteiger partial charge in [-0.2, -0.15) is 0 Å². The molecule has 0 heterocycles. The minimum atomic E-state index is -0.135. The van der Waals surface area contributed by atoms with Crippen molar-refractivity contribution in [3.63, 3.8) is 0 Å². The Morgan fingerprint density at radius 2 is 1.87 bits per heavy atom. The lowest BCUT2D eigenvalue weighted by Gasteiger charge is -1.94. The monoisotopic (exact) mass is 209 g/mol. The molecule has 2 rings (SSSR count). The number of hydrogen-bond donors (Lipinski definition) is 1. The summed E-state index contributed by atoms with van der Waals surface area (Å²) in [5.74, 6) is 0.602. The summed E-state index contributed by atoms with van der Waals surface area (Å²) in [6, 6.07) is 6.83. The highest BCUT2D eigenvalue weighted by atomic mass is 19.1. The van der Waals surface area contributed by atoms with Gasteiger partial charge in [-0.3, -0.25) is 0 Å². The van der Waals surface area contributed by atoms with Crippen LogP contribution in [0.2, 0.25) is 0 Å². The minimum absolute atomic E-state index is 0.135. The molecule has 1 saturated carbocycles. The third-order valence-corrected chi connectivity index (χ3v) is 2.42. The molecule has 1 nitrogen and oxygen atoms in total. The summed E-state index contributed by atoms with van der Waals surface area (Å²) in [5.41, 5.74) is 1.29. The maximum atomic E-state index is 12.4. The first kappa shape index (κ1) is 12.2. The number of hydrogen-bond acceptors (Lipinski definition) is 1. The van der Waals surface area contributed by atoms with E-state index in [4.69, 9.17) is 0 Å². The maximum Gasteiger partial charge on any atom is 0.123 e. The van der Waals surface area contributed by atoms with Crippen LogP contribution in [0.1, 0.15) is 37.7 Å². The second-order valence-electron chi connectivity index (χ2n) is 3.93. The van der Waals surface area contributed by atoms with E-state index < -0.39 is 0 Å². The predicted octanol–water partition coefficient (Wildman–Crippen LogP) is 3.32. The molecule has 1 aliphatic rings. The average molecular weight is 209 g/mol. The number of nitrogens with one attached hydrogen (secondary N) is 1. The molecule has 15 heavy (non-hydrogen) atoms. The Labute approximate surface area is 91.7 Å². The van der Waals surface area contributed by atoms with Crippen LogP contribution in [0.5, 0.6) is 0 Å². The van der Waals surface area contributed by atoms with E-state index in [1.165, 1.54) is 37.0 Å². The van der Waals surface area contributed by atoms with Crippen LogP contribution in [0.15, 0.2) is 24.3 Å². The van der Waals surface area contributed by atoms with E-state index >= 15 is 0 Å². The van der Waals surface area contributed by atoms with Crippen LogP contribution in [0.3, 0.4) is 0 Å². The molecule has 0 spiro atoms. The molecular weight excluding hydrogens is 189 g/mol. The molecule has 0 aliphatic heterocycles. The zero-order valence-corrected chi connectivity index (χ0v) is 9.59. The molecule has 1 aromatic rings. The van der Waals surface area contributed by atoms with E-state index in [2.05, 4.69) is 12.2 Å². The highest BCUT2D eigenvalue weighted by Crippen LogP contribution is 2.39. The molecule has 0 unspecified atom stereocenters. The van der Waals surface area contributed by atoms with E-state index in [0.29, 0.717) is 0 Å². The Morgan fingerprint density at radius 3 is 2.20 bits per heavy atom. The molecule has 0 saturated heterocycles. The van der Waals surface area contributed by atoms with Gasteiger partial charge in [0.2, 0.25) is 0 Å². The van der Waals surface area contributed by atoms with Gasteiger partial charge in [-0.15, -0.1) is 0 Å². The van der Waals surface area contributed by atoms with Gasteiger partial charge in [0.15, 0.2) is 0 Å². The van der Waals surface area contributed by atoms with E-state index in [9.17, 15) is 4.39 Å². The molecule has 1 aromatic carbocycles. The molecule has 2 heteroatoms. The Balaban J connectivity index is 0.000000195. The standard InChI is InChI=1S/C9H9F.C4H11N/c10-9-5-3-8(4-6-9)7-1-2-7;1-3-4-5-2/h3-7H,1-2H2;5H,3-4H2,1-2H3. The minimum Gasteiger partial charge on any atom is -0.320 e. The summed E-state index contributed by atoms with van der Waals surface area (Å²) in [7, 11) is 1.96. The highest BCUT2D eigenvalue weighted by Gasteiger charge is 2.22. The van der Waals surface area contributed by atoms with Crippen LogP contribution in [0.4, 0.5) is 4.39 Å². The Kier molecular flexibility index (Phi) is 5.33. The van der Waals surface area contributed by atoms with E-state index in [1.807, 2.05) is 19.2 Å². The van der Waals surface area contributed by atoms with Crippen molar-refractivity contribution < 1.29 is 4.39 Å². The van der Waals surface area contributed by atoms with Crippen LogP contribution in [-0.4, -0.2) is 13.6 Å². The fraction of sp³-hybridized carbons (Fsp3) is 0.538. The van der Waals surface area contributed by atoms with Crippen LogP contribution < -0.4 is 5.32 Å². The van der Waals surface area contributed by atoms with Gasteiger partial charge in [-0.1, -0.05) is 19.1 Å². The van der Waals surface area contributed by atoms with Crippen molar-refractivity contribution in [1.29, 1.82) is 0 Å². The molecule has 0 atom stereocenters. The van der Waals surface area contributed by atoms with Crippen molar-refractivity contribution in [2.45, 2.75) is 32.1 Å². The van der Waals surface area contributed by atoms with Crippen molar-refractivity contribution in [3.8, 4) is 0 Å². The third kappa shape index (κ3) is 4.93. The first-order valence-electron chi connectivity index (χ1n) is 5.68. The largest absolute Gasteiger partial charge is 0.320 e. The topological polar surface area (TPSA) is 12.0 Å². The zero-order chi connectivity index (χ0) is 11.1. The zero-order valence-electron chi connectivity index (χ0n) is 9.59. The molecule has 0 bridgehead atoms. The third-order valence-electron chi connectivity index (χ3n) is 2.42. The summed E-state index contributed by atoms with van der Waals surface area (Å²) in [5, 5.41) is 3.02. The van der Waals surface area contributed by atoms with Gasteiger partial charge in [0, 0.05) is 0 Å². The van der Waals surface area contributed by atoms with Crippen LogP contribution in [-0.2, 0) is 0 Å². The lowest BCUT2D eigenvalue weighted by molar-refractivity contribution is 0.627. The van der Waals surface area contributed by atoms with E-state index in [1.54, 1.807) is 0 Å². The van der Waals surface area contributed by atoms with E-state index in [-0.39, 0.29) is 5.82 Å². The van der Waals surface area contributed by atoms with Crippen molar-refractivity contribution in [2.24, 2.45) is 0 Å². The summed E-state index contributed by atoms with van der Waals surface area (Å²) in [6.45, 7) is 3.29. The predicted molar refractivity (Wildman–Crippen MR) is 62.6 cm³/mol. The summed E-state index contributed by atoms with van der Waals surface area (Å²) in [4.78, 5) is 0. The van der Waals surface area contributed by atoms with Crippen molar-refractivity contribution in [2.75, 3.05) is 13.6 Å². The SMILES string of the molecule is CCCNC.Fc1ccc(C2CC2)cc1. The van der Waals surface area contributed by atoms with Gasteiger partial charge < -0.3 is 5.32 Å². The van der Waals surface area contributed by atoms with Crippen molar-refractivity contribution in [1.82, 2.24) is 5.32 Å². The van der Waals surface area contributed by atoms with E-state index in [0.717, 1.165) is 12.5 Å². The molecular formula is C13H20FN. The number of halogens is 1. The second-order valence-corrected chi connectivity index (χ2v) is 3.93. The molecule has 1 N–H and O–H groups in total. The van der Waals surface area contributed by atoms with Gasteiger partial charge in [0.05, 0.1) is 0 Å². The fourth-order valence-electron chi connectivity index (χ4n) is 1.40. The number of rotatable bonds is 3. The first-order chi connectivity index (χ1) is 7.27. The summed E-state index contributed by atoms with van der Waals surface area (Å²) >= 11 is 0. The molecule has 84 valence electrons. The molecule has 1 fully saturated rings. The smallest absolute Gasteiger partial charge is 0.123 e. The fourth-order valence-corrected chi connectivity index (χ4v) is 1.40. The second kappa shape index (κ2) is 6.57. The van der Waals surface area contributed by atoms with Crippen LogP contribution in [0.25, 0.3) is 0 Å². The van der Waals surface area contributed by atoms with Crippen LogP contribution in [0, 0.1) is 5.82 Å². The van der Waals surface area contributed by atoms with Crippen molar-refractivity contribution in [3.05, 3.63) is 35.6 Å². The van der Waals surface area contributed by atoms with Crippen molar-refractivity contribution >= 4 is 0 Å². The Morgan fingerprint density at radius 1 is 1.27 bits per heavy atom. The summed E-state index contributed by atoms with van der Waals surface area (Å²) in [6.07, 6.45) is 3.80. The molecule has 0 amide bonds. The first-order valence-corrected chi connectivity index (χ1v) is 5.68. The molecule has 0 aromatic heterocycles. The lowest BCUT2D eigenvalue weighted by atomic mass is 10.1. The van der Waals surface area contributed by atoms with Gasteiger partial charge in [-0.05, 0) is 56.5 Å². The summed E-state index contributed by atoms with van der Waals surface area (Å²) < 4.78 is 12.4. The maximum absolute atomic E-state index is 12.4. The Hall–Kier alpha value is -0.890. The quantitative estimate of drug-likeness (QED) is 0.805. The lowest BCUT2D eigenvalue weighted by Crippen LogP contribution is -2.04. The molecule has 1 aliphatic carbocycles. The Bertz CT molecular complexity index is 262. The van der Waals surface area contributed by atoms with Gasteiger partial charge >= 0.3 is 0 Å². The number of benzene rings is 1. The van der Waals surface area contributed by atoms with Gasteiger partial charge in [0.1, 0.15) is 5.82 Å². The molecule has 0 radical (unpaired) electrons. The average Bonchev–Trinajstić information content (AvgIpc) is 3.05. The van der Waals surface area contributed by atoms with Gasteiger partial charge in [-0.25, -0.2) is 4.39 Å². The van der Waals surface area contributed by atoms with Crippen LogP contribution >= 0.6 is 0 Å².